The number of halogens is 5. The van der Waals surface area contributed by atoms with Crippen LogP contribution in [0.5, 0.6) is 0 Å². The van der Waals surface area contributed by atoms with E-state index in [0.717, 1.165) is 36.7 Å². The zero-order valence-corrected chi connectivity index (χ0v) is 19.9. The fourth-order valence-corrected chi connectivity index (χ4v) is 5.03. The summed E-state index contributed by atoms with van der Waals surface area (Å²) < 4.78 is 81.2. The van der Waals surface area contributed by atoms with Crippen LogP contribution >= 0.6 is 22.9 Å². The third-order valence-electron chi connectivity index (χ3n) is 4.82. The number of allylic oxidation sites excluding steroid dienone is 1. The number of thiophene rings is 1. The topological polar surface area (TPSA) is 91.7 Å². The third kappa shape index (κ3) is 5.21. The molecule has 182 valence electrons. The van der Waals surface area contributed by atoms with Crippen molar-refractivity contribution in [1.82, 2.24) is 9.29 Å². The van der Waals surface area contributed by atoms with Gasteiger partial charge < -0.3 is 5.32 Å². The van der Waals surface area contributed by atoms with E-state index in [-0.39, 0.29) is 22.1 Å². The van der Waals surface area contributed by atoms with Crippen molar-refractivity contribution in [2.24, 2.45) is 4.40 Å². The zero-order chi connectivity index (χ0) is 25.5. The molecule has 0 aliphatic carbocycles. The van der Waals surface area contributed by atoms with Gasteiger partial charge in [-0.2, -0.15) is 21.6 Å². The Balaban J connectivity index is 1.63. The molecule has 0 atom stereocenters. The molecule has 1 N–H and O–H groups in total. The molecule has 0 radical (unpaired) electrons. The lowest BCUT2D eigenvalue weighted by Gasteiger charge is -2.23. The van der Waals surface area contributed by atoms with Crippen LogP contribution in [0, 0.1) is 5.82 Å². The van der Waals surface area contributed by atoms with Crippen molar-refractivity contribution in [2.75, 3.05) is 12.4 Å². The summed E-state index contributed by atoms with van der Waals surface area (Å²) in [6, 6.07) is 7.09. The van der Waals surface area contributed by atoms with Crippen molar-refractivity contribution in [3.63, 3.8) is 0 Å². The highest BCUT2D eigenvalue weighted by atomic mass is 35.5. The van der Waals surface area contributed by atoms with Crippen LogP contribution in [0.4, 0.5) is 23.2 Å². The molecule has 1 aliphatic rings. The Hall–Kier alpha value is -3.29. The molecule has 0 saturated heterocycles. The second kappa shape index (κ2) is 9.06. The molecule has 0 fully saturated rings. The summed E-state index contributed by atoms with van der Waals surface area (Å²) in [5.41, 5.74) is -0.324. The Kier molecular flexibility index (Phi) is 6.42. The van der Waals surface area contributed by atoms with Crippen molar-refractivity contribution in [1.29, 1.82) is 0 Å². The van der Waals surface area contributed by atoms with E-state index in [1.165, 1.54) is 30.3 Å². The molecule has 0 saturated carbocycles. The summed E-state index contributed by atoms with van der Waals surface area (Å²) in [5.74, 6) is -1.50. The molecule has 4 rings (SSSR count). The largest absolute Gasteiger partial charge is 0.433 e. The summed E-state index contributed by atoms with van der Waals surface area (Å²) in [6.07, 6.45) is -2.26. The normalized spacial score (nSPS) is 15.4. The number of anilines is 1. The number of carbonyl (C=O) groups is 1. The van der Waals surface area contributed by atoms with Crippen LogP contribution < -0.4 is 5.32 Å². The number of nitrogens with zero attached hydrogens (tertiary/aromatic N) is 3. The molecule has 3 heterocycles. The second-order valence-electron chi connectivity index (χ2n) is 7.16. The van der Waals surface area contributed by atoms with Gasteiger partial charge in [-0.3, -0.25) is 9.78 Å². The lowest BCUT2D eigenvalue weighted by Crippen LogP contribution is -2.35. The maximum Gasteiger partial charge on any atom is 0.433 e. The molecular formula is C21H13ClF4N4O3S2. The van der Waals surface area contributed by atoms with Crippen LogP contribution in [0.3, 0.4) is 0 Å². The Labute approximate surface area is 205 Å². The first-order valence-electron chi connectivity index (χ1n) is 9.54. The number of amides is 1. The first kappa shape index (κ1) is 24.8. The van der Waals surface area contributed by atoms with Crippen molar-refractivity contribution in [2.45, 2.75) is 6.18 Å². The quantitative estimate of drug-likeness (QED) is 0.461. The summed E-state index contributed by atoms with van der Waals surface area (Å²) in [5, 5.41) is 3.82. The fraction of sp³-hybridized carbons (Fsp3) is 0.0952. The predicted molar refractivity (Wildman–Crippen MR) is 124 cm³/mol. The number of aromatic nitrogens is 1. The van der Waals surface area contributed by atoms with E-state index in [0.29, 0.717) is 20.3 Å². The van der Waals surface area contributed by atoms with E-state index in [4.69, 9.17) is 11.6 Å². The van der Waals surface area contributed by atoms with Gasteiger partial charge in [0.25, 0.3) is 5.91 Å². The molecule has 1 aromatic carbocycles. The van der Waals surface area contributed by atoms with Gasteiger partial charge in [-0.05, 0) is 47.4 Å². The van der Waals surface area contributed by atoms with E-state index >= 15 is 0 Å². The highest BCUT2D eigenvalue weighted by Crippen LogP contribution is 2.32. The minimum absolute atomic E-state index is 0.0403. The maximum atomic E-state index is 13.4. The van der Waals surface area contributed by atoms with Gasteiger partial charge in [0.2, 0.25) is 0 Å². The Morgan fingerprint density at radius 3 is 2.51 bits per heavy atom. The number of carbonyl (C=O) groups excluding carboxylic acids is 1. The summed E-state index contributed by atoms with van der Waals surface area (Å²) in [6.45, 7) is 0. The highest BCUT2D eigenvalue weighted by molar-refractivity contribution is 7.88. The minimum Gasteiger partial charge on any atom is -0.321 e. The van der Waals surface area contributed by atoms with Gasteiger partial charge in [0.1, 0.15) is 17.2 Å². The lowest BCUT2D eigenvalue weighted by atomic mass is 10.1. The number of benzene rings is 1. The predicted octanol–water partition coefficient (Wildman–Crippen LogP) is 5.12. The number of rotatable bonds is 4. The van der Waals surface area contributed by atoms with E-state index in [1.807, 2.05) is 0 Å². The first-order chi connectivity index (χ1) is 16.3. The van der Waals surface area contributed by atoms with Gasteiger partial charge in [-0.15, -0.1) is 15.7 Å². The minimum atomic E-state index is -4.57. The fourth-order valence-electron chi connectivity index (χ4n) is 3.00. The molecule has 1 aliphatic heterocycles. The molecule has 35 heavy (non-hydrogen) atoms. The first-order valence-corrected chi connectivity index (χ1v) is 12.2. The number of likely N-dealkylation sites (N-methyl/N-ethyl adjacent to an activating group) is 1. The van der Waals surface area contributed by atoms with Gasteiger partial charge in [0.15, 0.2) is 0 Å². The van der Waals surface area contributed by atoms with Crippen LogP contribution in [0.1, 0.15) is 10.6 Å². The molecular weight excluding hydrogens is 532 g/mol. The maximum absolute atomic E-state index is 13.4. The van der Waals surface area contributed by atoms with E-state index in [9.17, 15) is 30.8 Å². The monoisotopic (exact) mass is 544 g/mol. The standard InChI is InChI=1S/C21H13ClF4N4O3S2/c1-30-17(20(31)28-13-3-4-15(23)14(22)7-13)8-16(29-35(30,32)33)18-6-12(10-34-18)11-2-5-19(27-9-11)21(24,25)26/h2-10H,1H3,(H,28,31). The molecule has 3 aromatic rings. The highest BCUT2D eigenvalue weighted by Gasteiger charge is 2.32. The third-order valence-corrected chi connectivity index (χ3v) is 7.38. The number of hydrogen-bond acceptors (Lipinski definition) is 5. The average molecular weight is 545 g/mol. The molecule has 1 amide bonds. The van der Waals surface area contributed by atoms with E-state index in [1.54, 1.807) is 5.38 Å². The van der Waals surface area contributed by atoms with Crippen molar-refractivity contribution < 1.29 is 30.8 Å². The average Bonchev–Trinajstić information content (AvgIpc) is 3.28. The van der Waals surface area contributed by atoms with Gasteiger partial charge in [0.05, 0.1) is 15.6 Å². The number of hydrogen-bond donors (Lipinski definition) is 1. The van der Waals surface area contributed by atoms with Gasteiger partial charge in [-0.25, -0.2) is 8.70 Å². The van der Waals surface area contributed by atoms with Crippen LogP contribution in [-0.4, -0.2) is 36.4 Å². The van der Waals surface area contributed by atoms with Crippen LogP contribution in [0.25, 0.3) is 11.1 Å². The smallest absolute Gasteiger partial charge is 0.321 e. The van der Waals surface area contributed by atoms with Gasteiger partial charge in [-0.1, -0.05) is 17.7 Å². The SMILES string of the molecule is CN1C(C(=O)Nc2ccc(F)c(Cl)c2)=CC(c2cc(-c3ccc(C(F)(F)F)nc3)cs2)=NS1(=O)=O. The van der Waals surface area contributed by atoms with Gasteiger partial charge in [0, 0.05) is 24.5 Å². The van der Waals surface area contributed by atoms with E-state index in [2.05, 4.69) is 14.7 Å². The summed E-state index contributed by atoms with van der Waals surface area (Å²) in [7, 11) is -3.12. The van der Waals surface area contributed by atoms with Crippen molar-refractivity contribution in [3.05, 3.63) is 81.2 Å². The van der Waals surface area contributed by atoms with E-state index < -0.39 is 33.8 Å². The molecule has 14 heteroatoms. The second-order valence-corrected chi connectivity index (χ2v) is 10.1. The number of alkyl halides is 3. The van der Waals surface area contributed by atoms with Crippen molar-refractivity contribution in [3.8, 4) is 11.1 Å². The summed E-state index contributed by atoms with van der Waals surface area (Å²) in [4.78, 5) is 16.6. The summed E-state index contributed by atoms with van der Waals surface area (Å²) >= 11 is 6.80. The molecule has 0 bridgehead atoms. The number of pyridine rings is 1. The molecule has 2 aromatic heterocycles. The van der Waals surface area contributed by atoms with Crippen LogP contribution in [0.15, 0.2) is 64.1 Å². The Morgan fingerprint density at radius 1 is 1.14 bits per heavy atom. The molecule has 7 nitrogen and oxygen atoms in total. The Bertz CT molecular complexity index is 1480. The number of nitrogens with one attached hydrogen (secondary N) is 1. The van der Waals surface area contributed by atoms with Crippen LogP contribution in [-0.2, 0) is 21.2 Å². The van der Waals surface area contributed by atoms with Crippen LogP contribution in [0.2, 0.25) is 5.02 Å². The molecule has 0 unspecified atom stereocenters. The molecule has 0 spiro atoms. The van der Waals surface area contributed by atoms with Gasteiger partial charge >= 0.3 is 16.4 Å². The zero-order valence-electron chi connectivity index (χ0n) is 17.5. The lowest BCUT2D eigenvalue weighted by molar-refractivity contribution is -0.141. The Morgan fingerprint density at radius 2 is 1.89 bits per heavy atom. The van der Waals surface area contributed by atoms with Crippen molar-refractivity contribution >= 4 is 50.5 Å².